The first-order valence-corrected chi connectivity index (χ1v) is 4.69. The van der Waals surface area contributed by atoms with Crippen molar-refractivity contribution in [2.45, 2.75) is 25.4 Å². The lowest BCUT2D eigenvalue weighted by molar-refractivity contribution is -0.0154. The maximum absolute atomic E-state index is 5.50. The fourth-order valence-corrected chi connectivity index (χ4v) is 1.80. The molecule has 0 saturated carbocycles. The molecule has 1 heterocycles. The Morgan fingerprint density at radius 1 is 1.50 bits per heavy atom. The third kappa shape index (κ3) is 2.73. The molecule has 0 spiro atoms. The Labute approximate surface area is 74.2 Å². The second-order valence-corrected chi connectivity index (χ2v) is 3.30. The summed E-state index contributed by atoms with van der Waals surface area (Å²) in [7, 11) is 1.77. The van der Waals surface area contributed by atoms with Crippen LogP contribution < -0.4 is 5.73 Å². The molecule has 0 radical (unpaired) electrons. The second kappa shape index (κ2) is 5.51. The fourth-order valence-electron chi connectivity index (χ4n) is 1.80. The van der Waals surface area contributed by atoms with Crippen LogP contribution in [0.15, 0.2) is 0 Å². The van der Waals surface area contributed by atoms with E-state index in [4.69, 9.17) is 15.2 Å². The van der Waals surface area contributed by atoms with Crippen LogP contribution in [-0.4, -0.2) is 33.0 Å². The molecule has 1 unspecified atom stereocenters. The Morgan fingerprint density at radius 2 is 2.17 bits per heavy atom. The van der Waals surface area contributed by atoms with Crippen LogP contribution >= 0.6 is 0 Å². The molecular formula is C9H19NO2. The molecule has 12 heavy (non-hydrogen) atoms. The molecule has 1 fully saturated rings. The smallest absolute Gasteiger partial charge is 0.0613 e. The van der Waals surface area contributed by atoms with E-state index >= 15 is 0 Å². The molecule has 1 rings (SSSR count). The summed E-state index contributed by atoms with van der Waals surface area (Å²) >= 11 is 0. The lowest BCUT2D eigenvalue weighted by Gasteiger charge is -2.28. The van der Waals surface area contributed by atoms with Crippen LogP contribution in [-0.2, 0) is 9.47 Å². The maximum Gasteiger partial charge on any atom is 0.0613 e. The van der Waals surface area contributed by atoms with Gasteiger partial charge in [0.15, 0.2) is 0 Å². The molecule has 3 heteroatoms. The third-order valence-electron chi connectivity index (χ3n) is 2.55. The van der Waals surface area contributed by atoms with Crippen LogP contribution in [0.1, 0.15) is 19.3 Å². The Balaban J connectivity index is 2.29. The Kier molecular flexibility index (Phi) is 4.58. The van der Waals surface area contributed by atoms with Crippen molar-refractivity contribution in [1.29, 1.82) is 0 Å². The van der Waals surface area contributed by atoms with Gasteiger partial charge in [-0.3, -0.25) is 0 Å². The summed E-state index contributed by atoms with van der Waals surface area (Å²) < 4.78 is 10.7. The zero-order valence-electron chi connectivity index (χ0n) is 7.79. The summed E-state index contributed by atoms with van der Waals surface area (Å²) in [4.78, 5) is 0. The summed E-state index contributed by atoms with van der Waals surface area (Å²) in [6.07, 6.45) is 3.57. The van der Waals surface area contributed by atoms with Crippen molar-refractivity contribution in [2.75, 3.05) is 26.9 Å². The van der Waals surface area contributed by atoms with E-state index in [2.05, 4.69) is 0 Å². The molecule has 0 aromatic rings. The van der Waals surface area contributed by atoms with Crippen LogP contribution in [0.25, 0.3) is 0 Å². The lowest BCUT2D eigenvalue weighted by atomic mass is 9.92. The second-order valence-electron chi connectivity index (χ2n) is 3.30. The standard InChI is InChI=1S/C9H19NO2/c1-11-9(2-5-10)8-3-6-12-7-4-8/h8-9H,2-7,10H2,1H3. The quantitative estimate of drug-likeness (QED) is 0.683. The minimum Gasteiger partial charge on any atom is -0.381 e. The van der Waals surface area contributed by atoms with Gasteiger partial charge in [-0.1, -0.05) is 0 Å². The molecule has 72 valence electrons. The van der Waals surface area contributed by atoms with Crippen molar-refractivity contribution in [2.24, 2.45) is 11.7 Å². The number of hydrogen-bond donors (Lipinski definition) is 1. The van der Waals surface area contributed by atoms with Crippen molar-refractivity contribution in [3.8, 4) is 0 Å². The zero-order chi connectivity index (χ0) is 8.81. The average molecular weight is 173 g/mol. The SMILES string of the molecule is COC(CCN)C1CCOCC1. The number of ether oxygens (including phenoxy) is 2. The molecule has 2 N–H and O–H groups in total. The van der Waals surface area contributed by atoms with Gasteiger partial charge >= 0.3 is 0 Å². The molecule has 0 aromatic carbocycles. The summed E-state index contributed by atoms with van der Waals surface area (Å²) in [6.45, 7) is 2.49. The van der Waals surface area contributed by atoms with Gasteiger partial charge in [0, 0.05) is 20.3 Å². The van der Waals surface area contributed by atoms with E-state index in [1.807, 2.05) is 0 Å². The largest absolute Gasteiger partial charge is 0.381 e. The normalized spacial score (nSPS) is 22.5. The van der Waals surface area contributed by atoms with Gasteiger partial charge in [-0.25, -0.2) is 0 Å². The van der Waals surface area contributed by atoms with Gasteiger partial charge in [0.05, 0.1) is 6.10 Å². The molecular weight excluding hydrogens is 154 g/mol. The lowest BCUT2D eigenvalue weighted by Crippen LogP contribution is -2.30. The molecule has 1 aliphatic heterocycles. The van der Waals surface area contributed by atoms with E-state index in [9.17, 15) is 0 Å². The van der Waals surface area contributed by atoms with Crippen molar-refractivity contribution in [1.82, 2.24) is 0 Å². The third-order valence-corrected chi connectivity index (χ3v) is 2.55. The Morgan fingerprint density at radius 3 is 2.67 bits per heavy atom. The predicted molar refractivity (Wildman–Crippen MR) is 48.0 cm³/mol. The zero-order valence-corrected chi connectivity index (χ0v) is 7.79. The summed E-state index contributed by atoms with van der Waals surface area (Å²) in [5.41, 5.74) is 5.50. The van der Waals surface area contributed by atoms with Gasteiger partial charge < -0.3 is 15.2 Å². The van der Waals surface area contributed by atoms with Crippen molar-refractivity contribution in [3.63, 3.8) is 0 Å². The number of rotatable bonds is 4. The van der Waals surface area contributed by atoms with E-state index in [1.165, 1.54) is 0 Å². The molecule has 0 amide bonds. The first kappa shape index (κ1) is 9.96. The van der Waals surface area contributed by atoms with Gasteiger partial charge in [0.25, 0.3) is 0 Å². The van der Waals surface area contributed by atoms with Gasteiger partial charge in [0.2, 0.25) is 0 Å². The molecule has 1 saturated heterocycles. The van der Waals surface area contributed by atoms with Crippen molar-refractivity contribution in [3.05, 3.63) is 0 Å². The van der Waals surface area contributed by atoms with E-state index < -0.39 is 0 Å². The predicted octanol–water partition coefficient (Wildman–Crippen LogP) is 0.777. The monoisotopic (exact) mass is 173 g/mol. The van der Waals surface area contributed by atoms with Gasteiger partial charge in [-0.15, -0.1) is 0 Å². The summed E-state index contributed by atoms with van der Waals surface area (Å²) in [6, 6.07) is 0. The molecule has 3 nitrogen and oxygen atoms in total. The highest BCUT2D eigenvalue weighted by molar-refractivity contribution is 4.73. The molecule has 1 aliphatic rings. The molecule has 0 aromatic heterocycles. The number of methoxy groups -OCH3 is 1. The first-order chi connectivity index (χ1) is 5.88. The number of nitrogens with two attached hydrogens (primary N) is 1. The topological polar surface area (TPSA) is 44.5 Å². The Hall–Kier alpha value is -0.120. The summed E-state index contributed by atoms with van der Waals surface area (Å²) in [5, 5.41) is 0. The first-order valence-electron chi connectivity index (χ1n) is 4.69. The van der Waals surface area contributed by atoms with Crippen LogP contribution in [0, 0.1) is 5.92 Å². The van der Waals surface area contributed by atoms with Crippen LogP contribution in [0.2, 0.25) is 0 Å². The van der Waals surface area contributed by atoms with E-state index in [-0.39, 0.29) is 0 Å². The van der Waals surface area contributed by atoms with Gasteiger partial charge in [-0.2, -0.15) is 0 Å². The van der Waals surface area contributed by atoms with Gasteiger partial charge in [-0.05, 0) is 31.7 Å². The highest BCUT2D eigenvalue weighted by atomic mass is 16.5. The minimum atomic E-state index is 0.346. The molecule has 1 atom stereocenters. The number of hydrogen-bond acceptors (Lipinski definition) is 3. The highest BCUT2D eigenvalue weighted by Gasteiger charge is 2.22. The average Bonchev–Trinajstić information content (AvgIpc) is 2.15. The van der Waals surface area contributed by atoms with Crippen LogP contribution in [0.5, 0.6) is 0 Å². The fraction of sp³-hybridized carbons (Fsp3) is 1.00. The van der Waals surface area contributed by atoms with E-state index in [1.54, 1.807) is 7.11 Å². The highest BCUT2D eigenvalue weighted by Crippen LogP contribution is 2.22. The van der Waals surface area contributed by atoms with E-state index in [0.29, 0.717) is 12.0 Å². The minimum absolute atomic E-state index is 0.346. The van der Waals surface area contributed by atoms with E-state index in [0.717, 1.165) is 39.0 Å². The maximum atomic E-state index is 5.50. The molecule has 0 bridgehead atoms. The summed E-state index contributed by atoms with van der Waals surface area (Å²) in [5.74, 6) is 0.660. The van der Waals surface area contributed by atoms with Gasteiger partial charge in [0.1, 0.15) is 0 Å². The van der Waals surface area contributed by atoms with Crippen molar-refractivity contribution < 1.29 is 9.47 Å². The van der Waals surface area contributed by atoms with Crippen LogP contribution in [0.3, 0.4) is 0 Å². The van der Waals surface area contributed by atoms with Crippen LogP contribution in [0.4, 0.5) is 0 Å². The molecule has 0 aliphatic carbocycles. The Bertz CT molecular complexity index is 110. The van der Waals surface area contributed by atoms with Crippen molar-refractivity contribution >= 4 is 0 Å².